The van der Waals surface area contributed by atoms with Crippen LogP contribution in [0, 0.1) is 5.82 Å². The van der Waals surface area contributed by atoms with Gasteiger partial charge in [0, 0.05) is 33.9 Å². The number of aromatic carboxylic acids is 1. The highest BCUT2D eigenvalue weighted by Crippen LogP contribution is 2.23. The van der Waals surface area contributed by atoms with Gasteiger partial charge in [-0.2, -0.15) is 0 Å². The van der Waals surface area contributed by atoms with Gasteiger partial charge in [-0.3, -0.25) is 0 Å². The minimum atomic E-state index is -1.27. The second-order valence-electron chi connectivity index (χ2n) is 4.27. The van der Waals surface area contributed by atoms with Crippen LogP contribution in [0.5, 0.6) is 0 Å². The molecular weight excluding hydrogens is 265 g/mol. The first-order valence-corrected chi connectivity index (χ1v) is 6.36. The van der Waals surface area contributed by atoms with Crippen LogP contribution in [0.4, 0.5) is 10.1 Å². The number of carboxylic acids is 1. The average molecular weight is 285 g/mol. The van der Waals surface area contributed by atoms with Gasteiger partial charge in [-0.15, -0.1) is 0 Å². The molecule has 0 heterocycles. The zero-order valence-corrected chi connectivity index (χ0v) is 11.8. The Morgan fingerprint density at radius 2 is 1.95 bits per heavy atom. The van der Waals surface area contributed by atoms with Crippen molar-refractivity contribution in [1.29, 1.82) is 0 Å². The molecule has 0 aromatic heterocycles. The zero-order chi connectivity index (χ0) is 15.0. The molecule has 0 radical (unpaired) electrons. The van der Waals surface area contributed by atoms with Crippen molar-refractivity contribution in [3.05, 3.63) is 29.6 Å². The van der Waals surface area contributed by atoms with Gasteiger partial charge in [0.2, 0.25) is 0 Å². The quantitative estimate of drug-likeness (QED) is 0.703. The average Bonchev–Trinajstić information content (AvgIpc) is 2.42. The monoisotopic (exact) mass is 285 g/mol. The molecule has 5 nitrogen and oxygen atoms in total. The summed E-state index contributed by atoms with van der Waals surface area (Å²) < 4.78 is 23.7. The van der Waals surface area contributed by atoms with Crippen LogP contribution >= 0.6 is 0 Å². The molecule has 0 saturated heterocycles. The fourth-order valence-electron chi connectivity index (χ4n) is 1.94. The van der Waals surface area contributed by atoms with E-state index < -0.39 is 11.8 Å². The van der Waals surface area contributed by atoms with Crippen molar-refractivity contribution in [2.24, 2.45) is 0 Å². The van der Waals surface area contributed by atoms with Crippen LogP contribution in [0.3, 0.4) is 0 Å². The molecule has 6 heteroatoms. The lowest BCUT2D eigenvalue weighted by molar-refractivity contribution is 0.0692. The van der Waals surface area contributed by atoms with Crippen LogP contribution in [0.15, 0.2) is 18.2 Å². The number of benzene rings is 1. The largest absolute Gasteiger partial charge is 0.478 e. The van der Waals surface area contributed by atoms with Crippen molar-refractivity contribution in [2.75, 3.05) is 45.4 Å². The molecular formula is C14H20FNO4. The zero-order valence-electron chi connectivity index (χ0n) is 11.8. The number of hydrogen-bond acceptors (Lipinski definition) is 4. The molecule has 0 amide bonds. The van der Waals surface area contributed by atoms with E-state index >= 15 is 0 Å². The lowest BCUT2D eigenvalue weighted by Crippen LogP contribution is -2.30. The number of halogens is 1. The van der Waals surface area contributed by atoms with Gasteiger partial charge in [-0.1, -0.05) is 6.07 Å². The van der Waals surface area contributed by atoms with Crippen molar-refractivity contribution < 1.29 is 23.8 Å². The van der Waals surface area contributed by atoms with E-state index in [9.17, 15) is 9.18 Å². The van der Waals surface area contributed by atoms with Crippen LogP contribution in [0.25, 0.3) is 0 Å². The molecule has 1 rings (SSSR count). The molecule has 0 aliphatic carbocycles. The molecule has 0 spiro atoms. The summed E-state index contributed by atoms with van der Waals surface area (Å²) >= 11 is 0. The fourth-order valence-corrected chi connectivity index (χ4v) is 1.94. The summed E-state index contributed by atoms with van der Waals surface area (Å²) in [5.74, 6) is -2.00. The normalized spacial score (nSPS) is 10.6. The SMILES string of the molecule is COCCCN(CCOC)c1cccc(F)c1C(=O)O. The lowest BCUT2D eigenvalue weighted by atomic mass is 10.1. The number of carboxylic acid groups (broad SMARTS) is 1. The Hall–Kier alpha value is -1.66. The summed E-state index contributed by atoms with van der Waals surface area (Å²) in [5, 5.41) is 9.17. The number of methoxy groups -OCH3 is 2. The molecule has 0 aliphatic rings. The number of ether oxygens (including phenoxy) is 2. The molecule has 0 atom stereocenters. The predicted octanol–water partition coefficient (Wildman–Crippen LogP) is 2.01. The maximum atomic E-state index is 13.7. The minimum absolute atomic E-state index is 0.305. The van der Waals surface area contributed by atoms with Gasteiger partial charge in [0.15, 0.2) is 0 Å². The Morgan fingerprint density at radius 1 is 1.25 bits per heavy atom. The number of anilines is 1. The Labute approximate surface area is 117 Å². The standard InChI is InChI=1S/C14H20FNO4/c1-19-9-4-7-16(8-10-20-2)12-6-3-5-11(15)13(12)14(17)18/h3,5-6H,4,7-10H2,1-2H3,(H,17,18). The summed E-state index contributed by atoms with van der Waals surface area (Å²) in [5.41, 5.74) is 0.0617. The summed E-state index contributed by atoms with van der Waals surface area (Å²) in [6, 6.07) is 4.26. The first-order chi connectivity index (χ1) is 9.61. The molecule has 0 bridgehead atoms. The fraction of sp³-hybridized carbons (Fsp3) is 0.500. The van der Waals surface area contributed by atoms with Crippen LogP contribution in [-0.2, 0) is 9.47 Å². The summed E-state index contributed by atoms with van der Waals surface area (Å²) in [6.45, 7) is 2.05. The third-order valence-corrected chi connectivity index (χ3v) is 2.89. The predicted molar refractivity (Wildman–Crippen MR) is 73.9 cm³/mol. The van der Waals surface area contributed by atoms with E-state index in [1.54, 1.807) is 25.2 Å². The summed E-state index contributed by atoms with van der Waals surface area (Å²) in [4.78, 5) is 13.0. The highest BCUT2D eigenvalue weighted by molar-refractivity contribution is 5.94. The van der Waals surface area contributed by atoms with Crippen LogP contribution in [0.2, 0.25) is 0 Å². The van der Waals surface area contributed by atoms with E-state index in [2.05, 4.69) is 0 Å². The van der Waals surface area contributed by atoms with Crippen molar-refractivity contribution in [1.82, 2.24) is 0 Å². The molecule has 0 saturated carbocycles. The maximum absolute atomic E-state index is 13.7. The van der Waals surface area contributed by atoms with Crippen LogP contribution < -0.4 is 4.90 Å². The minimum Gasteiger partial charge on any atom is -0.478 e. The van der Waals surface area contributed by atoms with Gasteiger partial charge >= 0.3 is 5.97 Å². The Kier molecular flexibility index (Phi) is 6.97. The topological polar surface area (TPSA) is 59.0 Å². The van der Waals surface area contributed by atoms with Gasteiger partial charge < -0.3 is 19.5 Å². The number of carbonyl (C=O) groups is 1. The molecule has 0 aliphatic heterocycles. The van der Waals surface area contributed by atoms with E-state index in [1.165, 1.54) is 6.07 Å². The molecule has 1 N–H and O–H groups in total. The number of nitrogens with zero attached hydrogens (tertiary/aromatic N) is 1. The second kappa shape index (κ2) is 8.50. The second-order valence-corrected chi connectivity index (χ2v) is 4.27. The smallest absolute Gasteiger partial charge is 0.340 e. The lowest BCUT2D eigenvalue weighted by Gasteiger charge is -2.26. The molecule has 0 fully saturated rings. The molecule has 20 heavy (non-hydrogen) atoms. The number of rotatable bonds is 9. The van der Waals surface area contributed by atoms with Crippen LogP contribution in [0.1, 0.15) is 16.8 Å². The first-order valence-electron chi connectivity index (χ1n) is 6.36. The van der Waals surface area contributed by atoms with E-state index in [4.69, 9.17) is 14.6 Å². The van der Waals surface area contributed by atoms with Crippen molar-refractivity contribution in [3.8, 4) is 0 Å². The Morgan fingerprint density at radius 3 is 2.55 bits per heavy atom. The summed E-state index contributed by atoms with van der Waals surface area (Å²) in [6.07, 6.45) is 0.718. The van der Waals surface area contributed by atoms with Gasteiger partial charge in [0.05, 0.1) is 12.3 Å². The first kappa shape index (κ1) is 16.4. The van der Waals surface area contributed by atoms with Gasteiger partial charge in [0.1, 0.15) is 11.4 Å². The highest BCUT2D eigenvalue weighted by Gasteiger charge is 2.19. The van der Waals surface area contributed by atoms with E-state index in [1.807, 2.05) is 0 Å². The Bertz CT molecular complexity index is 439. The Balaban J connectivity index is 2.99. The van der Waals surface area contributed by atoms with Crippen molar-refractivity contribution in [3.63, 3.8) is 0 Å². The maximum Gasteiger partial charge on any atom is 0.340 e. The molecule has 1 aromatic carbocycles. The third-order valence-electron chi connectivity index (χ3n) is 2.89. The van der Waals surface area contributed by atoms with Crippen molar-refractivity contribution in [2.45, 2.75) is 6.42 Å². The van der Waals surface area contributed by atoms with E-state index in [-0.39, 0.29) is 5.56 Å². The van der Waals surface area contributed by atoms with Crippen LogP contribution in [-0.4, -0.2) is 51.6 Å². The molecule has 112 valence electrons. The van der Waals surface area contributed by atoms with Gasteiger partial charge in [-0.25, -0.2) is 9.18 Å². The third kappa shape index (κ3) is 4.47. The van der Waals surface area contributed by atoms with Gasteiger partial charge in [0.25, 0.3) is 0 Å². The number of hydrogen-bond donors (Lipinski definition) is 1. The van der Waals surface area contributed by atoms with E-state index in [0.29, 0.717) is 32.0 Å². The van der Waals surface area contributed by atoms with Crippen molar-refractivity contribution >= 4 is 11.7 Å². The molecule has 1 aromatic rings. The van der Waals surface area contributed by atoms with Gasteiger partial charge in [-0.05, 0) is 18.6 Å². The summed E-state index contributed by atoms with van der Waals surface area (Å²) in [7, 11) is 3.17. The highest BCUT2D eigenvalue weighted by atomic mass is 19.1. The molecule has 0 unspecified atom stereocenters. The van der Waals surface area contributed by atoms with E-state index in [0.717, 1.165) is 12.5 Å².